The molecule has 0 aromatic heterocycles. The molecule has 1 aliphatic carbocycles. The average molecular weight is 282 g/mol. The van der Waals surface area contributed by atoms with Gasteiger partial charge >= 0.3 is 0 Å². The molecule has 5 nitrogen and oxygen atoms in total. The summed E-state index contributed by atoms with van der Waals surface area (Å²) < 4.78 is 5.39. The fourth-order valence-corrected chi connectivity index (χ4v) is 2.55. The molecule has 0 unspecified atom stereocenters. The fourth-order valence-electron chi connectivity index (χ4n) is 2.55. The minimum Gasteiger partial charge on any atom is -0.492 e. The van der Waals surface area contributed by atoms with Crippen LogP contribution < -0.4 is 16.2 Å². The third kappa shape index (κ3) is 1.78. The summed E-state index contributed by atoms with van der Waals surface area (Å²) in [5.74, 6) is -0.199. The van der Waals surface area contributed by atoms with Crippen molar-refractivity contribution in [2.45, 2.75) is 6.92 Å². The lowest BCUT2D eigenvalue weighted by molar-refractivity contribution is 0.0979. The lowest BCUT2D eigenvalue weighted by atomic mass is 9.83. The predicted octanol–water partition coefficient (Wildman–Crippen LogP) is 2.03. The van der Waals surface area contributed by atoms with Crippen LogP contribution in [0.5, 0.6) is 5.75 Å². The van der Waals surface area contributed by atoms with Gasteiger partial charge in [-0.1, -0.05) is 24.3 Å². The zero-order valence-electron chi connectivity index (χ0n) is 11.5. The van der Waals surface area contributed by atoms with Crippen LogP contribution in [0.2, 0.25) is 0 Å². The molecule has 0 fully saturated rings. The molecule has 5 heteroatoms. The largest absolute Gasteiger partial charge is 0.492 e. The van der Waals surface area contributed by atoms with Crippen molar-refractivity contribution in [1.29, 1.82) is 0 Å². The van der Waals surface area contributed by atoms with Crippen LogP contribution in [0.1, 0.15) is 38.8 Å². The van der Waals surface area contributed by atoms with E-state index in [-0.39, 0.29) is 34.1 Å². The van der Waals surface area contributed by atoms with Crippen LogP contribution >= 0.6 is 0 Å². The van der Waals surface area contributed by atoms with Crippen molar-refractivity contribution in [2.24, 2.45) is 0 Å². The lowest BCUT2D eigenvalue weighted by Gasteiger charge is -2.21. The molecule has 106 valence electrons. The van der Waals surface area contributed by atoms with Gasteiger partial charge in [0.2, 0.25) is 0 Å². The fraction of sp³-hybridized carbons (Fsp3) is 0.125. The summed E-state index contributed by atoms with van der Waals surface area (Å²) in [5, 5.41) is 0. The molecule has 2 aromatic rings. The second kappa shape index (κ2) is 4.63. The van der Waals surface area contributed by atoms with Crippen LogP contribution in [0.4, 0.5) is 11.4 Å². The molecule has 0 radical (unpaired) electrons. The number of hydrogen-bond donors (Lipinski definition) is 2. The normalized spacial score (nSPS) is 12.8. The molecule has 2 aromatic carbocycles. The molecule has 0 bridgehead atoms. The highest BCUT2D eigenvalue weighted by Crippen LogP contribution is 2.39. The first-order valence-electron chi connectivity index (χ1n) is 6.59. The van der Waals surface area contributed by atoms with Gasteiger partial charge in [0.1, 0.15) is 5.75 Å². The van der Waals surface area contributed by atoms with E-state index >= 15 is 0 Å². The highest BCUT2D eigenvalue weighted by Gasteiger charge is 2.33. The van der Waals surface area contributed by atoms with E-state index in [1.165, 1.54) is 6.07 Å². The topological polar surface area (TPSA) is 95.4 Å². The number of fused-ring (bicyclic) bond motifs is 2. The average Bonchev–Trinajstić information content (AvgIpc) is 2.49. The van der Waals surface area contributed by atoms with E-state index in [9.17, 15) is 9.59 Å². The summed E-state index contributed by atoms with van der Waals surface area (Å²) in [6, 6.07) is 8.18. The number of ether oxygens (including phenoxy) is 1. The molecule has 0 heterocycles. The SMILES string of the molecule is CCOc1cc2c(c(N)c1N)C(=O)c1ccccc1C2=O. The number of anilines is 2. The van der Waals surface area contributed by atoms with Gasteiger partial charge in [-0.25, -0.2) is 0 Å². The molecule has 0 amide bonds. The van der Waals surface area contributed by atoms with Crippen LogP contribution in [0.15, 0.2) is 30.3 Å². The molecule has 0 saturated carbocycles. The summed E-state index contributed by atoms with van der Waals surface area (Å²) in [6.45, 7) is 2.19. The smallest absolute Gasteiger partial charge is 0.196 e. The van der Waals surface area contributed by atoms with Crippen LogP contribution in [-0.4, -0.2) is 18.2 Å². The van der Waals surface area contributed by atoms with Gasteiger partial charge in [0.25, 0.3) is 0 Å². The highest BCUT2D eigenvalue weighted by atomic mass is 16.5. The Labute approximate surface area is 121 Å². The van der Waals surface area contributed by atoms with Crippen molar-refractivity contribution in [2.75, 3.05) is 18.1 Å². The molecule has 0 spiro atoms. The van der Waals surface area contributed by atoms with Gasteiger partial charge in [-0.15, -0.1) is 0 Å². The van der Waals surface area contributed by atoms with E-state index in [0.29, 0.717) is 23.5 Å². The first kappa shape index (κ1) is 13.2. The van der Waals surface area contributed by atoms with E-state index in [1.54, 1.807) is 31.2 Å². The maximum absolute atomic E-state index is 12.6. The highest BCUT2D eigenvalue weighted by molar-refractivity contribution is 6.30. The molecular weight excluding hydrogens is 268 g/mol. The van der Waals surface area contributed by atoms with E-state index in [0.717, 1.165) is 0 Å². The number of rotatable bonds is 2. The third-order valence-electron chi connectivity index (χ3n) is 3.56. The van der Waals surface area contributed by atoms with E-state index in [4.69, 9.17) is 16.2 Å². The number of ketones is 2. The monoisotopic (exact) mass is 282 g/mol. The Kier molecular flexibility index (Phi) is 2.90. The van der Waals surface area contributed by atoms with Gasteiger partial charge in [-0.3, -0.25) is 9.59 Å². The second-order valence-corrected chi connectivity index (χ2v) is 4.76. The van der Waals surface area contributed by atoms with E-state index in [2.05, 4.69) is 0 Å². The number of carbonyl (C=O) groups excluding carboxylic acids is 2. The van der Waals surface area contributed by atoms with Crippen LogP contribution in [0.25, 0.3) is 0 Å². The van der Waals surface area contributed by atoms with E-state index in [1.807, 2.05) is 0 Å². The molecule has 3 rings (SSSR count). The Morgan fingerprint density at radius 3 is 2.19 bits per heavy atom. The standard InChI is InChI=1S/C16H14N2O3/c1-2-21-11-7-10-12(14(18)13(11)17)16(20)9-6-4-3-5-8(9)15(10)19/h3-7H,2,17-18H2,1H3. The summed E-state index contributed by atoms with van der Waals surface area (Å²) in [6.07, 6.45) is 0. The number of nitrogens with two attached hydrogens (primary N) is 2. The molecule has 4 N–H and O–H groups in total. The first-order chi connectivity index (χ1) is 10.1. The molecular formula is C16H14N2O3. The van der Waals surface area contributed by atoms with Crippen molar-refractivity contribution in [1.82, 2.24) is 0 Å². The minimum absolute atomic E-state index is 0.101. The van der Waals surface area contributed by atoms with Gasteiger partial charge in [0, 0.05) is 16.7 Å². The Morgan fingerprint density at radius 1 is 0.952 bits per heavy atom. The van der Waals surface area contributed by atoms with Crippen molar-refractivity contribution >= 4 is 22.9 Å². The summed E-state index contributed by atoms with van der Waals surface area (Å²) >= 11 is 0. The maximum Gasteiger partial charge on any atom is 0.196 e. The summed E-state index contributed by atoms with van der Waals surface area (Å²) in [7, 11) is 0. The zero-order valence-corrected chi connectivity index (χ0v) is 11.5. The van der Waals surface area contributed by atoms with Gasteiger partial charge < -0.3 is 16.2 Å². The van der Waals surface area contributed by atoms with Gasteiger partial charge in [0.15, 0.2) is 11.6 Å². The van der Waals surface area contributed by atoms with Crippen molar-refractivity contribution in [3.8, 4) is 5.75 Å². The Balaban J connectivity index is 2.30. The van der Waals surface area contributed by atoms with Crippen molar-refractivity contribution in [3.63, 3.8) is 0 Å². The Hall–Kier alpha value is -2.82. The van der Waals surface area contributed by atoms with Crippen LogP contribution in [0, 0.1) is 0 Å². The molecule has 0 aliphatic heterocycles. The van der Waals surface area contributed by atoms with Crippen molar-refractivity contribution < 1.29 is 14.3 Å². The van der Waals surface area contributed by atoms with Gasteiger partial charge in [0.05, 0.1) is 23.5 Å². The lowest BCUT2D eigenvalue weighted by Crippen LogP contribution is -2.23. The quantitative estimate of drug-likeness (QED) is 0.701. The molecule has 21 heavy (non-hydrogen) atoms. The van der Waals surface area contributed by atoms with Gasteiger partial charge in [-0.2, -0.15) is 0 Å². The number of hydrogen-bond acceptors (Lipinski definition) is 5. The second-order valence-electron chi connectivity index (χ2n) is 4.76. The third-order valence-corrected chi connectivity index (χ3v) is 3.56. The molecule has 1 aliphatic rings. The summed E-state index contributed by atoms with van der Waals surface area (Å²) in [4.78, 5) is 25.1. The van der Waals surface area contributed by atoms with Crippen LogP contribution in [-0.2, 0) is 0 Å². The number of benzene rings is 2. The predicted molar refractivity (Wildman–Crippen MR) is 79.7 cm³/mol. The van der Waals surface area contributed by atoms with Gasteiger partial charge in [-0.05, 0) is 13.0 Å². The number of carbonyl (C=O) groups is 2. The Morgan fingerprint density at radius 2 is 1.57 bits per heavy atom. The number of nitrogen functional groups attached to an aromatic ring is 2. The zero-order chi connectivity index (χ0) is 15.1. The minimum atomic E-state index is -0.285. The van der Waals surface area contributed by atoms with Crippen molar-refractivity contribution in [3.05, 3.63) is 52.6 Å². The molecule has 0 atom stereocenters. The van der Waals surface area contributed by atoms with E-state index < -0.39 is 0 Å². The molecule has 0 saturated heterocycles. The van der Waals surface area contributed by atoms with Crippen LogP contribution in [0.3, 0.4) is 0 Å². The maximum atomic E-state index is 12.6. The first-order valence-corrected chi connectivity index (χ1v) is 6.59. The summed E-state index contributed by atoms with van der Waals surface area (Å²) in [5.41, 5.74) is 13.3. The Bertz CT molecular complexity index is 781.